The number of carbonyl (C=O) groups is 1. The molecule has 1 aromatic carbocycles. The Bertz CT molecular complexity index is 434. The van der Waals surface area contributed by atoms with Gasteiger partial charge in [0, 0.05) is 11.8 Å². The minimum Gasteiger partial charge on any atom is -0.491 e. The van der Waals surface area contributed by atoms with Gasteiger partial charge in [-0.1, -0.05) is 40.9 Å². The van der Waals surface area contributed by atoms with E-state index in [1.165, 1.54) is 24.8 Å². The van der Waals surface area contributed by atoms with Gasteiger partial charge in [0.25, 0.3) is 0 Å². The molecule has 0 radical (unpaired) electrons. The van der Waals surface area contributed by atoms with Gasteiger partial charge in [0.2, 0.25) is 5.91 Å². The third kappa shape index (κ3) is 4.23. The topological polar surface area (TPSA) is 38.3 Å². The molecule has 0 saturated heterocycles. The van der Waals surface area contributed by atoms with E-state index < -0.39 is 0 Å². The smallest absolute Gasteiger partial charge is 0.224 e. The van der Waals surface area contributed by atoms with Gasteiger partial charge in [-0.25, -0.2) is 0 Å². The number of fused-ring (bicyclic) bond motifs is 1. The number of halogens is 1. The Morgan fingerprint density at radius 1 is 1.16 bits per heavy atom. The molecular weight excluding hydrogens is 306 g/mol. The van der Waals surface area contributed by atoms with E-state index in [1.54, 1.807) is 0 Å². The van der Waals surface area contributed by atoms with Gasteiger partial charge in [0.15, 0.2) is 0 Å². The van der Waals surface area contributed by atoms with Crippen molar-refractivity contribution in [3.8, 4) is 5.75 Å². The average Bonchev–Trinajstić information content (AvgIpc) is 2.43. The summed E-state index contributed by atoms with van der Waals surface area (Å²) in [7, 11) is 0. The molecule has 0 aromatic heterocycles. The number of ether oxygens (including phenoxy) is 1. The van der Waals surface area contributed by atoms with E-state index in [2.05, 4.69) is 27.3 Å². The van der Waals surface area contributed by atoms with Crippen LogP contribution in [0.15, 0.2) is 18.2 Å². The fourth-order valence-corrected chi connectivity index (χ4v) is 2.63. The zero-order valence-corrected chi connectivity index (χ0v) is 12.7. The number of benzene rings is 1. The molecule has 1 aliphatic rings. The van der Waals surface area contributed by atoms with Gasteiger partial charge in [-0.15, -0.1) is 0 Å². The first-order valence-electron chi connectivity index (χ1n) is 6.92. The van der Waals surface area contributed by atoms with Crippen LogP contribution in [0.4, 0.5) is 5.69 Å². The largest absolute Gasteiger partial charge is 0.491 e. The van der Waals surface area contributed by atoms with E-state index in [9.17, 15) is 4.79 Å². The van der Waals surface area contributed by atoms with Gasteiger partial charge in [0.1, 0.15) is 5.75 Å². The van der Waals surface area contributed by atoms with Crippen molar-refractivity contribution < 1.29 is 9.53 Å². The summed E-state index contributed by atoms with van der Waals surface area (Å²) in [5, 5.41) is 4.00. The first kappa shape index (κ1) is 14.4. The summed E-state index contributed by atoms with van der Waals surface area (Å²) in [5.74, 6) is 0.895. The molecule has 19 heavy (non-hydrogen) atoms. The molecular formula is C15H20BrNO2. The van der Waals surface area contributed by atoms with Crippen LogP contribution in [0.1, 0.15) is 37.7 Å². The molecule has 0 saturated carbocycles. The Morgan fingerprint density at radius 2 is 2.00 bits per heavy atom. The van der Waals surface area contributed by atoms with Crippen molar-refractivity contribution in [2.45, 2.75) is 38.5 Å². The summed E-state index contributed by atoms with van der Waals surface area (Å²) < 4.78 is 5.81. The molecule has 4 heteroatoms. The second kappa shape index (κ2) is 7.53. The van der Waals surface area contributed by atoms with Crippen molar-refractivity contribution in [3.63, 3.8) is 0 Å². The molecule has 0 aliphatic carbocycles. The van der Waals surface area contributed by atoms with Crippen molar-refractivity contribution in [1.82, 2.24) is 0 Å². The van der Waals surface area contributed by atoms with Crippen molar-refractivity contribution in [2.75, 3.05) is 17.3 Å². The van der Waals surface area contributed by atoms with Gasteiger partial charge in [0.05, 0.1) is 12.3 Å². The van der Waals surface area contributed by atoms with Crippen LogP contribution < -0.4 is 10.1 Å². The predicted octanol–water partition coefficient (Wildman–Crippen LogP) is 3.91. The fourth-order valence-electron chi connectivity index (χ4n) is 2.23. The van der Waals surface area contributed by atoms with Gasteiger partial charge in [-0.2, -0.15) is 0 Å². The van der Waals surface area contributed by atoms with Crippen molar-refractivity contribution in [2.24, 2.45) is 0 Å². The maximum absolute atomic E-state index is 11.5. The molecule has 1 N–H and O–H groups in total. The molecule has 0 unspecified atom stereocenters. The summed E-state index contributed by atoms with van der Waals surface area (Å²) in [6, 6.07) is 5.98. The van der Waals surface area contributed by atoms with E-state index in [4.69, 9.17) is 4.74 Å². The lowest BCUT2D eigenvalue weighted by Crippen LogP contribution is -2.19. The van der Waals surface area contributed by atoms with Crippen molar-refractivity contribution >= 4 is 27.5 Å². The SMILES string of the molecule is O=C1CCc2cccc(OCCCCCCBr)c2N1. The Morgan fingerprint density at radius 3 is 2.84 bits per heavy atom. The summed E-state index contributed by atoms with van der Waals surface area (Å²) in [6.07, 6.45) is 6.08. The quantitative estimate of drug-likeness (QED) is 0.609. The molecule has 3 nitrogen and oxygen atoms in total. The second-order valence-electron chi connectivity index (χ2n) is 4.79. The average molecular weight is 326 g/mol. The minimum atomic E-state index is 0.0841. The molecule has 1 aliphatic heterocycles. The molecule has 1 heterocycles. The summed E-state index contributed by atoms with van der Waals surface area (Å²) in [5.41, 5.74) is 2.05. The number of alkyl halides is 1. The Kier molecular flexibility index (Phi) is 5.70. The van der Waals surface area contributed by atoms with Crippen LogP contribution in [0.2, 0.25) is 0 Å². The summed E-state index contributed by atoms with van der Waals surface area (Å²) in [4.78, 5) is 11.5. The number of carbonyl (C=O) groups excluding carboxylic acids is 1. The normalized spacial score (nSPS) is 13.8. The zero-order valence-electron chi connectivity index (χ0n) is 11.1. The highest BCUT2D eigenvalue weighted by Crippen LogP contribution is 2.32. The number of unbranched alkanes of at least 4 members (excludes halogenated alkanes) is 3. The number of hydrogen-bond acceptors (Lipinski definition) is 2. The van der Waals surface area contributed by atoms with Gasteiger partial charge < -0.3 is 10.1 Å². The van der Waals surface area contributed by atoms with Crippen molar-refractivity contribution in [3.05, 3.63) is 23.8 Å². The zero-order chi connectivity index (χ0) is 13.5. The third-order valence-corrected chi connectivity index (χ3v) is 3.84. The minimum absolute atomic E-state index is 0.0841. The van der Waals surface area contributed by atoms with Crippen molar-refractivity contribution in [1.29, 1.82) is 0 Å². The van der Waals surface area contributed by atoms with Crippen LogP contribution in [-0.2, 0) is 11.2 Å². The Balaban J connectivity index is 1.85. The third-order valence-electron chi connectivity index (χ3n) is 3.28. The van der Waals surface area contributed by atoms with Crippen LogP contribution in [0, 0.1) is 0 Å². The highest BCUT2D eigenvalue weighted by atomic mass is 79.9. The molecule has 0 atom stereocenters. The first-order chi connectivity index (χ1) is 9.31. The van der Waals surface area contributed by atoms with Gasteiger partial charge in [-0.3, -0.25) is 4.79 Å². The Labute approximate surface area is 122 Å². The second-order valence-corrected chi connectivity index (χ2v) is 5.58. The predicted molar refractivity (Wildman–Crippen MR) is 81.1 cm³/mol. The maximum atomic E-state index is 11.5. The number of para-hydroxylation sites is 1. The molecule has 0 bridgehead atoms. The van der Waals surface area contributed by atoms with Crippen LogP contribution in [0.3, 0.4) is 0 Å². The summed E-state index contributed by atoms with van der Waals surface area (Å²) in [6.45, 7) is 0.717. The van der Waals surface area contributed by atoms with Gasteiger partial charge >= 0.3 is 0 Å². The number of hydrogen-bond donors (Lipinski definition) is 1. The van der Waals surface area contributed by atoms with Gasteiger partial charge in [-0.05, 0) is 30.9 Å². The van der Waals surface area contributed by atoms with E-state index >= 15 is 0 Å². The number of rotatable bonds is 7. The van der Waals surface area contributed by atoms with E-state index in [0.29, 0.717) is 13.0 Å². The molecule has 1 aromatic rings. The van der Waals surface area contributed by atoms with Crippen LogP contribution in [0.25, 0.3) is 0 Å². The van der Waals surface area contributed by atoms with Crippen LogP contribution in [-0.4, -0.2) is 17.8 Å². The highest BCUT2D eigenvalue weighted by molar-refractivity contribution is 9.09. The maximum Gasteiger partial charge on any atom is 0.224 e. The molecule has 0 fully saturated rings. The lowest BCUT2D eigenvalue weighted by molar-refractivity contribution is -0.116. The summed E-state index contributed by atoms with van der Waals surface area (Å²) >= 11 is 3.43. The standard InChI is InChI=1S/C15H20BrNO2/c16-10-3-1-2-4-11-19-13-7-5-6-12-8-9-14(18)17-15(12)13/h5-7H,1-4,8-11H2,(H,17,18). The first-order valence-corrected chi connectivity index (χ1v) is 8.04. The Hall–Kier alpha value is -1.03. The lowest BCUT2D eigenvalue weighted by atomic mass is 10.0. The monoisotopic (exact) mass is 325 g/mol. The number of amides is 1. The fraction of sp³-hybridized carbons (Fsp3) is 0.533. The van der Waals surface area contributed by atoms with Crippen LogP contribution in [0.5, 0.6) is 5.75 Å². The molecule has 104 valence electrons. The van der Waals surface area contributed by atoms with E-state index in [1.807, 2.05) is 12.1 Å². The number of aryl methyl sites for hydroxylation is 1. The van der Waals surface area contributed by atoms with E-state index in [-0.39, 0.29) is 5.91 Å². The molecule has 1 amide bonds. The molecule has 2 rings (SSSR count). The molecule has 0 spiro atoms. The number of anilines is 1. The lowest BCUT2D eigenvalue weighted by Gasteiger charge is -2.20. The number of nitrogens with one attached hydrogen (secondary N) is 1. The van der Waals surface area contributed by atoms with Crippen LogP contribution >= 0.6 is 15.9 Å². The van der Waals surface area contributed by atoms with E-state index in [0.717, 1.165) is 29.6 Å². The highest BCUT2D eigenvalue weighted by Gasteiger charge is 2.18.